The number of nitriles is 1. The second-order valence-corrected chi connectivity index (χ2v) is 11.8. The SMILES string of the molecule is CC(C)c1nc2ccc(OC3CCN(C(=O)OC(C)(C)C)CC3)c(N)c2n1Cc1ccc(C#N)c2ccccc12. The van der Waals surface area contributed by atoms with Gasteiger partial charge < -0.3 is 24.7 Å². The topological polar surface area (TPSA) is 106 Å². The van der Waals surface area contributed by atoms with Gasteiger partial charge in [0.1, 0.15) is 29.0 Å². The van der Waals surface area contributed by atoms with Crippen LogP contribution in [0, 0.1) is 11.3 Å². The molecule has 0 radical (unpaired) electrons. The number of amides is 1. The van der Waals surface area contributed by atoms with Crippen LogP contribution in [0.15, 0.2) is 48.5 Å². The number of aromatic nitrogens is 2. The first-order valence-corrected chi connectivity index (χ1v) is 13.9. The summed E-state index contributed by atoms with van der Waals surface area (Å²) in [7, 11) is 0. The molecule has 4 aromatic rings. The van der Waals surface area contributed by atoms with Gasteiger partial charge in [-0.2, -0.15) is 5.26 Å². The summed E-state index contributed by atoms with van der Waals surface area (Å²) in [6.07, 6.45) is 1.06. The molecule has 2 N–H and O–H groups in total. The Morgan fingerprint density at radius 2 is 1.80 bits per heavy atom. The minimum atomic E-state index is -0.518. The molecule has 0 atom stereocenters. The van der Waals surface area contributed by atoms with Crippen LogP contribution in [0.1, 0.15) is 70.3 Å². The van der Waals surface area contributed by atoms with Crippen LogP contribution in [0.25, 0.3) is 21.8 Å². The van der Waals surface area contributed by atoms with E-state index in [0.29, 0.717) is 49.5 Å². The molecule has 1 amide bonds. The number of ether oxygens (including phenoxy) is 2. The Morgan fingerprint density at radius 1 is 1.10 bits per heavy atom. The number of anilines is 1. The minimum absolute atomic E-state index is 0.0538. The Labute approximate surface area is 235 Å². The van der Waals surface area contributed by atoms with Crippen LogP contribution in [0.3, 0.4) is 0 Å². The second-order valence-electron chi connectivity index (χ2n) is 11.8. The molecule has 5 rings (SSSR count). The van der Waals surface area contributed by atoms with Crippen LogP contribution in [-0.2, 0) is 11.3 Å². The lowest BCUT2D eigenvalue weighted by Gasteiger charge is -2.33. The Hall–Kier alpha value is -4.25. The third kappa shape index (κ3) is 5.42. The molecular formula is C32H37N5O3. The van der Waals surface area contributed by atoms with Crippen LogP contribution < -0.4 is 10.5 Å². The van der Waals surface area contributed by atoms with Gasteiger partial charge in [0.25, 0.3) is 0 Å². The molecule has 8 heteroatoms. The van der Waals surface area contributed by atoms with Crippen molar-refractivity contribution in [2.45, 2.75) is 71.6 Å². The standard InChI is InChI=1S/C32H37N5O3/c1-20(2)30-35-26-12-13-27(39-23-14-16-36(17-15-23)31(38)40-32(3,4)5)28(34)29(26)37(30)19-22-11-10-21(18-33)24-8-6-7-9-25(22)24/h6-13,20,23H,14-17,19,34H2,1-5H3. The first-order valence-electron chi connectivity index (χ1n) is 13.9. The fourth-order valence-electron chi connectivity index (χ4n) is 5.38. The largest absolute Gasteiger partial charge is 0.488 e. The lowest BCUT2D eigenvalue weighted by molar-refractivity contribution is 0.0127. The molecule has 1 aromatic heterocycles. The number of nitrogen functional groups attached to an aromatic ring is 1. The van der Waals surface area contributed by atoms with Crippen molar-refractivity contribution in [2.75, 3.05) is 18.8 Å². The van der Waals surface area contributed by atoms with Crippen LogP contribution in [-0.4, -0.2) is 45.3 Å². The molecule has 1 aliphatic rings. The van der Waals surface area contributed by atoms with Gasteiger partial charge >= 0.3 is 6.09 Å². The van der Waals surface area contributed by atoms with Crippen molar-refractivity contribution < 1.29 is 14.3 Å². The van der Waals surface area contributed by atoms with Crippen LogP contribution in [0.4, 0.5) is 10.5 Å². The van der Waals surface area contributed by atoms with Gasteiger partial charge in [-0.3, -0.25) is 0 Å². The summed E-state index contributed by atoms with van der Waals surface area (Å²) in [6.45, 7) is 11.6. The van der Waals surface area contributed by atoms with Gasteiger partial charge in [-0.05, 0) is 55.3 Å². The summed E-state index contributed by atoms with van der Waals surface area (Å²) in [5.74, 6) is 1.75. The van der Waals surface area contributed by atoms with Gasteiger partial charge in [-0.1, -0.05) is 44.2 Å². The summed E-state index contributed by atoms with van der Waals surface area (Å²) >= 11 is 0. The van der Waals surface area contributed by atoms with Crippen molar-refractivity contribution in [1.82, 2.24) is 14.5 Å². The number of carbonyl (C=O) groups is 1. The van der Waals surface area contributed by atoms with Crippen molar-refractivity contribution in [3.05, 3.63) is 65.5 Å². The molecule has 2 heterocycles. The molecular weight excluding hydrogens is 502 g/mol. The maximum absolute atomic E-state index is 12.5. The van der Waals surface area contributed by atoms with E-state index in [1.54, 1.807) is 4.90 Å². The number of nitrogens with zero attached hydrogens (tertiary/aromatic N) is 4. The van der Waals surface area contributed by atoms with E-state index in [2.05, 4.69) is 30.6 Å². The first kappa shape index (κ1) is 27.3. The average molecular weight is 540 g/mol. The third-order valence-electron chi connectivity index (χ3n) is 7.30. The number of imidazole rings is 1. The summed E-state index contributed by atoms with van der Waals surface area (Å²) in [5.41, 5.74) is 10.3. The fourth-order valence-corrected chi connectivity index (χ4v) is 5.38. The molecule has 0 spiro atoms. The minimum Gasteiger partial charge on any atom is -0.488 e. The molecule has 0 unspecified atom stereocenters. The maximum atomic E-state index is 12.5. The van der Waals surface area contributed by atoms with Crippen molar-refractivity contribution in [3.63, 3.8) is 0 Å². The molecule has 1 saturated heterocycles. The Kier molecular flexibility index (Phi) is 7.33. The monoisotopic (exact) mass is 539 g/mol. The molecule has 0 saturated carbocycles. The van der Waals surface area contributed by atoms with E-state index in [9.17, 15) is 10.1 Å². The lowest BCUT2D eigenvalue weighted by atomic mass is 10.00. The number of likely N-dealkylation sites (tertiary alicyclic amines) is 1. The molecule has 40 heavy (non-hydrogen) atoms. The van der Waals surface area contributed by atoms with E-state index in [-0.39, 0.29) is 18.1 Å². The highest BCUT2D eigenvalue weighted by atomic mass is 16.6. The third-order valence-corrected chi connectivity index (χ3v) is 7.30. The van der Waals surface area contributed by atoms with Gasteiger partial charge in [-0.15, -0.1) is 0 Å². The molecule has 208 valence electrons. The Morgan fingerprint density at radius 3 is 2.45 bits per heavy atom. The number of carbonyl (C=O) groups excluding carboxylic acids is 1. The number of rotatable bonds is 5. The van der Waals surface area contributed by atoms with Gasteiger partial charge in [0.2, 0.25) is 0 Å². The van der Waals surface area contributed by atoms with Crippen LogP contribution >= 0.6 is 0 Å². The van der Waals surface area contributed by atoms with Crippen molar-refractivity contribution in [1.29, 1.82) is 5.26 Å². The van der Waals surface area contributed by atoms with Crippen molar-refractivity contribution in [3.8, 4) is 11.8 Å². The number of benzene rings is 3. The highest BCUT2D eigenvalue weighted by Crippen LogP contribution is 2.36. The highest BCUT2D eigenvalue weighted by Gasteiger charge is 2.28. The number of hydrogen-bond acceptors (Lipinski definition) is 6. The van der Waals surface area contributed by atoms with E-state index in [0.717, 1.165) is 33.2 Å². The van der Waals surface area contributed by atoms with E-state index < -0.39 is 5.60 Å². The molecule has 3 aromatic carbocycles. The first-order chi connectivity index (χ1) is 19.1. The lowest BCUT2D eigenvalue weighted by Crippen LogP contribution is -2.44. The summed E-state index contributed by atoms with van der Waals surface area (Å²) in [4.78, 5) is 19.1. The molecule has 0 bridgehead atoms. The van der Waals surface area contributed by atoms with E-state index in [4.69, 9.17) is 20.2 Å². The number of fused-ring (bicyclic) bond motifs is 2. The summed E-state index contributed by atoms with van der Waals surface area (Å²) in [6, 6.07) is 18.1. The van der Waals surface area contributed by atoms with Gasteiger partial charge in [0, 0.05) is 31.8 Å². The fraction of sp³-hybridized carbons (Fsp3) is 0.406. The molecule has 8 nitrogen and oxygen atoms in total. The summed E-state index contributed by atoms with van der Waals surface area (Å²) in [5, 5.41) is 11.6. The number of piperidine rings is 1. The van der Waals surface area contributed by atoms with Gasteiger partial charge in [0.05, 0.1) is 29.2 Å². The van der Waals surface area contributed by atoms with Gasteiger partial charge in [0.15, 0.2) is 0 Å². The second kappa shape index (κ2) is 10.7. The smallest absolute Gasteiger partial charge is 0.410 e. The number of hydrogen-bond donors (Lipinski definition) is 1. The zero-order chi connectivity index (χ0) is 28.6. The Balaban J connectivity index is 1.44. The Bertz CT molecular complexity index is 1600. The quantitative estimate of drug-likeness (QED) is 0.287. The summed E-state index contributed by atoms with van der Waals surface area (Å²) < 4.78 is 14.1. The average Bonchev–Trinajstić information content (AvgIpc) is 3.29. The van der Waals surface area contributed by atoms with E-state index in [1.165, 1.54) is 0 Å². The van der Waals surface area contributed by atoms with E-state index in [1.807, 2.05) is 63.2 Å². The maximum Gasteiger partial charge on any atom is 0.410 e. The zero-order valence-corrected chi connectivity index (χ0v) is 23.9. The van der Waals surface area contributed by atoms with Crippen LogP contribution in [0.2, 0.25) is 0 Å². The molecule has 1 fully saturated rings. The van der Waals surface area contributed by atoms with Crippen LogP contribution in [0.5, 0.6) is 5.75 Å². The van der Waals surface area contributed by atoms with E-state index >= 15 is 0 Å². The molecule has 0 aliphatic carbocycles. The van der Waals surface area contributed by atoms with Crippen molar-refractivity contribution in [2.24, 2.45) is 0 Å². The van der Waals surface area contributed by atoms with Gasteiger partial charge in [-0.25, -0.2) is 9.78 Å². The van der Waals surface area contributed by atoms with Crippen molar-refractivity contribution >= 4 is 33.6 Å². The highest BCUT2D eigenvalue weighted by molar-refractivity contribution is 5.93. The predicted molar refractivity (Wildman–Crippen MR) is 157 cm³/mol. The molecule has 1 aliphatic heterocycles. The normalized spacial score (nSPS) is 14.6. The zero-order valence-electron chi connectivity index (χ0n) is 23.9. The predicted octanol–water partition coefficient (Wildman–Crippen LogP) is 6.59. The number of nitrogens with two attached hydrogens (primary N) is 1.